The summed E-state index contributed by atoms with van der Waals surface area (Å²) >= 11 is 2.04. The summed E-state index contributed by atoms with van der Waals surface area (Å²) in [6, 6.07) is 7.30. The molecule has 3 rings (SSSR count). The Hall–Kier alpha value is -1.33. The summed E-state index contributed by atoms with van der Waals surface area (Å²) in [7, 11) is 2.17. The fourth-order valence-electron chi connectivity index (χ4n) is 2.85. The molecule has 21 heavy (non-hydrogen) atoms. The van der Waals surface area contributed by atoms with E-state index in [4.69, 9.17) is 0 Å². The number of hydrogen-bond acceptors (Lipinski definition) is 3. The van der Waals surface area contributed by atoms with Crippen molar-refractivity contribution >= 4 is 11.8 Å². The molecule has 0 atom stereocenters. The lowest BCUT2D eigenvalue weighted by Gasteiger charge is -2.30. The second-order valence-corrected chi connectivity index (χ2v) is 6.76. The molecule has 0 bridgehead atoms. The highest BCUT2D eigenvalue weighted by molar-refractivity contribution is 7.99. The van der Waals surface area contributed by atoms with E-state index in [9.17, 15) is 4.39 Å². The van der Waals surface area contributed by atoms with Crippen molar-refractivity contribution in [1.82, 2.24) is 15.1 Å². The van der Waals surface area contributed by atoms with Crippen molar-refractivity contribution in [2.45, 2.75) is 25.4 Å². The van der Waals surface area contributed by atoms with Crippen LogP contribution in [0.25, 0.3) is 11.3 Å². The van der Waals surface area contributed by atoms with Gasteiger partial charge in [-0.2, -0.15) is 16.9 Å². The van der Waals surface area contributed by atoms with Gasteiger partial charge >= 0.3 is 0 Å². The number of aromatic nitrogens is 2. The molecule has 0 spiro atoms. The molecule has 1 N–H and O–H groups in total. The molecule has 1 saturated heterocycles. The molecule has 1 aromatic carbocycles. The van der Waals surface area contributed by atoms with E-state index in [0.717, 1.165) is 23.4 Å². The van der Waals surface area contributed by atoms with Gasteiger partial charge in [0.1, 0.15) is 5.82 Å². The third-order valence-electron chi connectivity index (χ3n) is 4.07. The summed E-state index contributed by atoms with van der Waals surface area (Å²) in [4.78, 5) is 2.40. The zero-order valence-corrected chi connectivity index (χ0v) is 13.0. The standard InChI is InChI=1S/C16H20FN3S/c1-20(15-5-7-21-8-6-15)11-13-10-18-19-16(13)12-3-2-4-14(17)9-12/h2-4,9-10,15H,5-8,11H2,1H3,(H,18,19). The number of thioether (sulfide) groups is 1. The van der Waals surface area contributed by atoms with Gasteiger partial charge < -0.3 is 0 Å². The molecular weight excluding hydrogens is 285 g/mol. The number of rotatable bonds is 4. The van der Waals surface area contributed by atoms with E-state index in [1.807, 2.05) is 24.0 Å². The maximum atomic E-state index is 13.4. The van der Waals surface area contributed by atoms with Crippen LogP contribution in [-0.2, 0) is 6.54 Å². The first-order valence-corrected chi connectivity index (χ1v) is 8.45. The minimum atomic E-state index is -0.217. The molecule has 1 aromatic heterocycles. The molecule has 0 radical (unpaired) electrons. The Morgan fingerprint density at radius 3 is 2.95 bits per heavy atom. The highest BCUT2D eigenvalue weighted by Crippen LogP contribution is 2.26. The molecule has 112 valence electrons. The molecule has 1 aliphatic rings. The van der Waals surface area contributed by atoms with E-state index in [-0.39, 0.29) is 5.82 Å². The summed E-state index contributed by atoms with van der Waals surface area (Å²) < 4.78 is 13.4. The fourth-order valence-corrected chi connectivity index (χ4v) is 3.93. The van der Waals surface area contributed by atoms with Crippen LogP contribution < -0.4 is 0 Å². The SMILES string of the molecule is CN(Cc1cn[nH]c1-c1cccc(F)c1)C1CCSCC1. The van der Waals surface area contributed by atoms with E-state index in [1.165, 1.54) is 30.4 Å². The molecule has 0 aliphatic carbocycles. The number of halogens is 1. The Morgan fingerprint density at radius 1 is 1.38 bits per heavy atom. The van der Waals surface area contributed by atoms with Crippen LogP contribution in [0.3, 0.4) is 0 Å². The van der Waals surface area contributed by atoms with Crippen LogP contribution in [0.2, 0.25) is 0 Å². The summed E-state index contributed by atoms with van der Waals surface area (Å²) in [5.74, 6) is 2.28. The fraction of sp³-hybridized carbons (Fsp3) is 0.438. The quantitative estimate of drug-likeness (QED) is 0.937. The van der Waals surface area contributed by atoms with E-state index in [1.54, 1.807) is 12.1 Å². The molecule has 5 heteroatoms. The van der Waals surface area contributed by atoms with Crippen molar-refractivity contribution in [2.24, 2.45) is 0 Å². The molecular formula is C16H20FN3S. The van der Waals surface area contributed by atoms with Gasteiger partial charge in [0.2, 0.25) is 0 Å². The Labute approximate surface area is 128 Å². The number of nitrogens with one attached hydrogen (secondary N) is 1. The predicted octanol–water partition coefficient (Wildman–Crippen LogP) is 3.54. The van der Waals surface area contributed by atoms with Gasteiger partial charge in [-0.3, -0.25) is 10.00 Å². The van der Waals surface area contributed by atoms with Crippen molar-refractivity contribution in [2.75, 3.05) is 18.6 Å². The van der Waals surface area contributed by atoms with Crippen LogP contribution >= 0.6 is 11.8 Å². The summed E-state index contributed by atoms with van der Waals surface area (Å²) in [6.07, 6.45) is 4.34. The van der Waals surface area contributed by atoms with Gasteiger partial charge in [-0.25, -0.2) is 4.39 Å². The monoisotopic (exact) mass is 305 g/mol. The molecule has 2 aromatic rings. The van der Waals surface area contributed by atoms with Gasteiger partial charge in [0.25, 0.3) is 0 Å². The van der Waals surface area contributed by atoms with Crippen molar-refractivity contribution in [1.29, 1.82) is 0 Å². The van der Waals surface area contributed by atoms with Crippen molar-refractivity contribution in [3.05, 3.63) is 41.8 Å². The van der Waals surface area contributed by atoms with E-state index in [2.05, 4.69) is 22.1 Å². The van der Waals surface area contributed by atoms with Crippen molar-refractivity contribution < 1.29 is 4.39 Å². The normalized spacial score (nSPS) is 16.5. The molecule has 0 saturated carbocycles. The average molecular weight is 305 g/mol. The van der Waals surface area contributed by atoms with Crippen LogP contribution in [-0.4, -0.2) is 39.7 Å². The second-order valence-electron chi connectivity index (χ2n) is 5.54. The topological polar surface area (TPSA) is 31.9 Å². The Kier molecular flexibility index (Phi) is 4.60. The first-order chi connectivity index (χ1) is 10.2. The lowest BCUT2D eigenvalue weighted by molar-refractivity contribution is 0.221. The van der Waals surface area contributed by atoms with Crippen LogP contribution in [0.4, 0.5) is 4.39 Å². The van der Waals surface area contributed by atoms with Gasteiger partial charge in [-0.15, -0.1) is 0 Å². The molecule has 1 aliphatic heterocycles. The Bertz CT molecular complexity index is 593. The third-order valence-corrected chi connectivity index (χ3v) is 5.11. The molecule has 0 unspecified atom stereocenters. The molecule has 2 heterocycles. The lowest BCUT2D eigenvalue weighted by atomic mass is 10.1. The number of benzene rings is 1. The summed E-state index contributed by atoms with van der Waals surface area (Å²) in [6.45, 7) is 0.845. The van der Waals surface area contributed by atoms with Crippen molar-refractivity contribution in [3.63, 3.8) is 0 Å². The number of hydrogen-bond donors (Lipinski definition) is 1. The summed E-state index contributed by atoms with van der Waals surface area (Å²) in [5.41, 5.74) is 2.91. The van der Waals surface area contributed by atoms with Gasteiger partial charge in [0, 0.05) is 23.7 Å². The number of H-pyrrole nitrogens is 1. The van der Waals surface area contributed by atoms with Gasteiger partial charge in [-0.1, -0.05) is 12.1 Å². The second kappa shape index (κ2) is 6.62. The highest BCUT2D eigenvalue weighted by Gasteiger charge is 2.20. The predicted molar refractivity (Wildman–Crippen MR) is 85.8 cm³/mol. The van der Waals surface area contributed by atoms with Gasteiger partial charge in [0.15, 0.2) is 0 Å². The van der Waals surface area contributed by atoms with Crippen LogP contribution in [0.1, 0.15) is 18.4 Å². The minimum absolute atomic E-state index is 0.217. The molecule has 0 amide bonds. The van der Waals surface area contributed by atoms with E-state index >= 15 is 0 Å². The molecule has 1 fully saturated rings. The lowest BCUT2D eigenvalue weighted by Crippen LogP contribution is -2.34. The maximum absolute atomic E-state index is 13.4. The van der Waals surface area contributed by atoms with Gasteiger partial charge in [0.05, 0.1) is 11.9 Å². The van der Waals surface area contributed by atoms with Crippen molar-refractivity contribution in [3.8, 4) is 11.3 Å². The average Bonchev–Trinajstić information content (AvgIpc) is 2.96. The summed E-state index contributed by atoms with van der Waals surface area (Å²) in [5, 5.41) is 7.16. The van der Waals surface area contributed by atoms with Crippen LogP contribution in [0, 0.1) is 5.82 Å². The first-order valence-electron chi connectivity index (χ1n) is 7.30. The zero-order chi connectivity index (χ0) is 14.7. The number of aromatic amines is 1. The van der Waals surface area contributed by atoms with Crippen LogP contribution in [0.15, 0.2) is 30.5 Å². The Balaban J connectivity index is 1.76. The number of nitrogens with zero attached hydrogens (tertiary/aromatic N) is 2. The molecule has 3 nitrogen and oxygen atoms in total. The van der Waals surface area contributed by atoms with Gasteiger partial charge in [-0.05, 0) is 43.5 Å². The maximum Gasteiger partial charge on any atom is 0.123 e. The largest absolute Gasteiger partial charge is 0.299 e. The first kappa shape index (κ1) is 14.6. The minimum Gasteiger partial charge on any atom is -0.299 e. The van der Waals surface area contributed by atoms with Crippen LogP contribution in [0.5, 0.6) is 0 Å². The van der Waals surface area contributed by atoms with E-state index < -0.39 is 0 Å². The Morgan fingerprint density at radius 2 is 2.19 bits per heavy atom. The zero-order valence-electron chi connectivity index (χ0n) is 12.2. The smallest absolute Gasteiger partial charge is 0.123 e. The third kappa shape index (κ3) is 3.47. The highest BCUT2D eigenvalue weighted by atomic mass is 32.2. The van der Waals surface area contributed by atoms with E-state index in [0.29, 0.717) is 6.04 Å².